The van der Waals surface area contributed by atoms with Crippen molar-refractivity contribution in [1.82, 2.24) is 4.90 Å². The van der Waals surface area contributed by atoms with Crippen LogP contribution in [-0.4, -0.2) is 30.9 Å². The highest BCUT2D eigenvalue weighted by atomic mass is 16.2. The quantitative estimate of drug-likeness (QED) is 0.734. The molecule has 0 radical (unpaired) electrons. The van der Waals surface area contributed by atoms with Gasteiger partial charge in [-0.15, -0.1) is 0 Å². The molecule has 0 saturated heterocycles. The number of anilines is 1. The number of amides is 1. The minimum absolute atomic E-state index is 0.00487. The molecule has 4 nitrogen and oxygen atoms in total. The van der Waals surface area contributed by atoms with E-state index in [1.165, 1.54) is 11.1 Å². The first-order chi connectivity index (χ1) is 12.8. The summed E-state index contributed by atoms with van der Waals surface area (Å²) in [7, 11) is 1.95. The van der Waals surface area contributed by atoms with E-state index in [2.05, 4.69) is 51.1 Å². The highest BCUT2D eigenvalue weighted by Crippen LogP contribution is 2.22. The molecule has 0 saturated carbocycles. The van der Waals surface area contributed by atoms with Crippen LogP contribution in [0.5, 0.6) is 0 Å². The van der Waals surface area contributed by atoms with Crippen molar-refractivity contribution in [3.63, 3.8) is 0 Å². The van der Waals surface area contributed by atoms with Crippen molar-refractivity contribution in [1.29, 1.82) is 5.26 Å². The Morgan fingerprint density at radius 2 is 1.67 bits per heavy atom. The summed E-state index contributed by atoms with van der Waals surface area (Å²) < 4.78 is 0. The molecule has 0 unspecified atom stereocenters. The molecule has 2 aromatic carbocycles. The summed E-state index contributed by atoms with van der Waals surface area (Å²) in [6.45, 7) is 8.02. The Morgan fingerprint density at radius 3 is 2.22 bits per heavy atom. The van der Waals surface area contributed by atoms with Crippen molar-refractivity contribution in [3.8, 4) is 6.07 Å². The SMILES string of the molecule is CN(CC(=O)N(CCC#N)c1ccccc1)Cc1ccc(C(C)(C)C)cc1. The van der Waals surface area contributed by atoms with Crippen molar-refractivity contribution in [2.24, 2.45) is 0 Å². The second kappa shape index (κ2) is 9.34. The minimum Gasteiger partial charge on any atom is -0.310 e. The average molecular weight is 364 g/mol. The summed E-state index contributed by atoms with van der Waals surface area (Å²) in [5.74, 6) is 0.00487. The van der Waals surface area contributed by atoms with Crippen LogP contribution >= 0.6 is 0 Å². The van der Waals surface area contributed by atoms with Crippen molar-refractivity contribution in [2.75, 3.05) is 25.0 Å². The van der Waals surface area contributed by atoms with Crippen molar-refractivity contribution < 1.29 is 4.79 Å². The maximum Gasteiger partial charge on any atom is 0.241 e. The number of rotatable bonds is 7. The second-order valence-electron chi connectivity index (χ2n) is 7.91. The Balaban J connectivity index is 2.01. The lowest BCUT2D eigenvalue weighted by Crippen LogP contribution is -2.39. The molecule has 1 amide bonds. The highest BCUT2D eigenvalue weighted by molar-refractivity contribution is 5.94. The van der Waals surface area contributed by atoms with Crippen molar-refractivity contribution >= 4 is 11.6 Å². The molecule has 0 spiro atoms. The number of nitrogens with zero attached hydrogens (tertiary/aromatic N) is 3. The fraction of sp³-hybridized carbons (Fsp3) is 0.391. The fourth-order valence-corrected chi connectivity index (χ4v) is 2.96. The van der Waals surface area contributed by atoms with Gasteiger partial charge in [-0.3, -0.25) is 9.69 Å². The lowest BCUT2D eigenvalue weighted by Gasteiger charge is -2.25. The molecule has 0 aliphatic heterocycles. The number of carbonyl (C=O) groups excluding carboxylic acids is 1. The van der Waals surface area contributed by atoms with E-state index in [1.54, 1.807) is 4.90 Å². The van der Waals surface area contributed by atoms with Gasteiger partial charge >= 0.3 is 0 Å². The Bertz CT molecular complexity index is 770. The smallest absolute Gasteiger partial charge is 0.241 e. The highest BCUT2D eigenvalue weighted by Gasteiger charge is 2.18. The zero-order chi connectivity index (χ0) is 19.9. The third-order valence-electron chi connectivity index (χ3n) is 4.49. The first-order valence-electron chi connectivity index (χ1n) is 9.31. The van der Waals surface area contributed by atoms with Gasteiger partial charge in [-0.05, 0) is 35.7 Å². The predicted molar refractivity (Wildman–Crippen MR) is 111 cm³/mol. The summed E-state index contributed by atoms with van der Waals surface area (Å²) in [5, 5.41) is 8.90. The average Bonchev–Trinajstić information content (AvgIpc) is 2.62. The van der Waals surface area contributed by atoms with Crippen LogP contribution in [0.3, 0.4) is 0 Å². The van der Waals surface area contributed by atoms with Gasteiger partial charge in [0, 0.05) is 18.8 Å². The summed E-state index contributed by atoms with van der Waals surface area (Å²) >= 11 is 0. The van der Waals surface area contributed by atoms with Crippen LogP contribution in [0.25, 0.3) is 0 Å². The number of nitriles is 1. The zero-order valence-electron chi connectivity index (χ0n) is 16.8. The molecule has 0 aromatic heterocycles. The number of hydrogen-bond acceptors (Lipinski definition) is 3. The molecule has 142 valence electrons. The van der Waals surface area contributed by atoms with E-state index < -0.39 is 0 Å². The second-order valence-corrected chi connectivity index (χ2v) is 7.91. The topological polar surface area (TPSA) is 47.3 Å². The van der Waals surface area contributed by atoms with Crippen LogP contribution < -0.4 is 4.90 Å². The molecule has 2 aromatic rings. The van der Waals surface area contributed by atoms with Crippen LogP contribution in [0.1, 0.15) is 38.3 Å². The van der Waals surface area contributed by atoms with Gasteiger partial charge in [-0.1, -0.05) is 63.2 Å². The molecule has 4 heteroatoms. The number of carbonyl (C=O) groups is 1. The standard InChI is InChI=1S/C23H29N3O/c1-23(2,3)20-13-11-19(12-14-20)17-25(4)18-22(27)26(16-8-15-24)21-9-6-5-7-10-21/h5-7,9-14H,8,16-18H2,1-4H3. The van der Waals surface area contributed by atoms with Crippen molar-refractivity contribution in [2.45, 2.75) is 39.2 Å². The monoisotopic (exact) mass is 363 g/mol. The molecule has 0 heterocycles. The Labute approximate surface area is 163 Å². The summed E-state index contributed by atoms with van der Waals surface area (Å²) in [6, 6.07) is 20.2. The zero-order valence-corrected chi connectivity index (χ0v) is 16.8. The molecule has 0 aliphatic rings. The van der Waals surface area contributed by atoms with Gasteiger partial charge in [0.15, 0.2) is 0 Å². The Kier molecular flexibility index (Phi) is 7.15. The van der Waals surface area contributed by atoms with E-state index in [4.69, 9.17) is 5.26 Å². The van der Waals surface area contributed by atoms with Crippen LogP contribution in [0.15, 0.2) is 54.6 Å². The third-order valence-corrected chi connectivity index (χ3v) is 4.49. The molecular weight excluding hydrogens is 334 g/mol. The van der Waals surface area contributed by atoms with Gasteiger partial charge in [0.25, 0.3) is 0 Å². The number of benzene rings is 2. The van der Waals surface area contributed by atoms with E-state index in [0.29, 0.717) is 26.1 Å². The summed E-state index contributed by atoms with van der Waals surface area (Å²) in [5.41, 5.74) is 3.45. The van der Waals surface area contributed by atoms with Crippen LogP contribution in [0.4, 0.5) is 5.69 Å². The number of para-hydroxylation sites is 1. The molecule has 27 heavy (non-hydrogen) atoms. The van der Waals surface area contributed by atoms with Gasteiger partial charge in [0.1, 0.15) is 0 Å². The Morgan fingerprint density at radius 1 is 1.04 bits per heavy atom. The first-order valence-corrected chi connectivity index (χ1v) is 9.31. The molecule has 0 N–H and O–H groups in total. The molecule has 0 aliphatic carbocycles. The Hall–Kier alpha value is -2.64. The van der Waals surface area contributed by atoms with E-state index in [-0.39, 0.29) is 11.3 Å². The maximum absolute atomic E-state index is 12.8. The lowest BCUT2D eigenvalue weighted by molar-refractivity contribution is -0.119. The molecule has 0 bridgehead atoms. The van der Waals surface area contributed by atoms with Gasteiger partial charge in [-0.25, -0.2) is 0 Å². The van der Waals surface area contributed by atoms with Gasteiger partial charge < -0.3 is 4.90 Å². The number of likely N-dealkylation sites (N-methyl/N-ethyl adjacent to an activating group) is 1. The lowest BCUT2D eigenvalue weighted by atomic mass is 9.87. The molecule has 0 atom stereocenters. The van der Waals surface area contributed by atoms with E-state index in [1.807, 2.05) is 42.3 Å². The normalized spacial score (nSPS) is 11.3. The fourth-order valence-electron chi connectivity index (χ4n) is 2.96. The van der Waals surface area contributed by atoms with E-state index in [9.17, 15) is 4.79 Å². The van der Waals surface area contributed by atoms with Crippen molar-refractivity contribution in [3.05, 3.63) is 65.7 Å². The molecular formula is C23H29N3O. The van der Waals surface area contributed by atoms with Crippen LogP contribution in [0, 0.1) is 11.3 Å². The summed E-state index contributed by atoms with van der Waals surface area (Å²) in [6.07, 6.45) is 0.318. The van der Waals surface area contributed by atoms with Gasteiger partial charge in [0.05, 0.1) is 19.0 Å². The minimum atomic E-state index is 0.00487. The van der Waals surface area contributed by atoms with Crippen LogP contribution in [-0.2, 0) is 16.8 Å². The predicted octanol–water partition coefficient (Wildman–Crippen LogP) is 4.36. The van der Waals surface area contributed by atoms with E-state index >= 15 is 0 Å². The first kappa shape index (κ1) is 20.7. The van der Waals surface area contributed by atoms with Crippen LogP contribution in [0.2, 0.25) is 0 Å². The molecule has 2 rings (SSSR count). The van der Waals surface area contributed by atoms with Gasteiger partial charge in [0.2, 0.25) is 5.91 Å². The van der Waals surface area contributed by atoms with E-state index in [0.717, 1.165) is 5.69 Å². The molecule has 0 fully saturated rings. The third kappa shape index (κ3) is 6.23. The summed E-state index contributed by atoms with van der Waals surface area (Å²) in [4.78, 5) is 16.5. The number of hydrogen-bond donors (Lipinski definition) is 0. The maximum atomic E-state index is 12.8. The largest absolute Gasteiger partial charge is 0.310 e. The van der Waals surface area contributed by atoms with Gasteiger partial charge in [-0.2, -0.15) is 5.26 Å².